The van der Waals surface area contributed by atoms with Crippen molar-refractivity contribution in [2.75, 3.05) is 13.2 Å². The van der Waals surface area contributed by atoms with Gasteiger partial charge in [0.1, 0.15) is 0 Å². The average molecular weight is 276 g/mol. The average Bonchev–Trinajstić information content (AvgIpc) is 2.27. The lowest BCUT2D eigenvalue weighted by molar-refractivity contribution is -0.172. The highest BCUT2D eigenvalue weighted by atomic mass is 16.5. The van der Waals surface area contributed by atoms with Gasteiger partial charge in [0, 0.05) is 6.42 Å². The Labute approximate surface area is 109 Å². The highest BCUT2D eigenvalue weighted by Crippen LogP contribution is 2.17. The maximum atomic E-state index is 11.3. The van der Waals surface area contributed by atoms with Crippen molar-refractivity contribution in [2.24, 2.45) is 0 Å². The molecular weight excluding hydrogens is 260 g/mol. The van der Waals surface area contributed by atoms with E-state index in [0.29, 0.717) is 6.42 Å². The van der Waals surface area contributed by atoms with E-state index in [2.05, 4.69) is 11.3 Å². The molecule has 0 spiro atoms. The second kappa shape index (κ2) is 8.09. The van der Waals surface area contributed by atoms with E-state index in [1.165, 1.54) is 6.26 Å². The maximum Gasteiger partial charge on any atom is 0.336 e. The summed E-state index contributed by atoms with van der Waals surface area (Å²) in [7, 11) is 0. The Bertz CT molecular complexity index is 351. The van der Waals surface area contributed by atoms with E-state index in [0.717, 1.165) is 0 Å². The van der Waals surface area contributed by atoms with E-state index in [4.69, 9.17) is 14.9 Å². The number of aliphatic carboxylic acids is 2. The molecule has 0 saturated heterocycles. The number of ether oxygens (including phenoxy) is 2. The van der Waals surface area contributed by atoms with E-state index in [1.54, 1.807) is 0 Å². The lowest BCUT2D eigenvalue weighted by atomic mass is 9.96. The molecule has 1 atom stereocenters. The van der Waals surface area contributed by atoms with Gasteiger partial charge in [-0.3, -0.25) is 9.59 Å². The summed E-state index contributed by atoms with van der Waals surface area (Å²) < 4.78 is 9.40. The number of carboxylic acids is 2. The summed E-state index contributed by atoms with van der Waals surface area (Å²) in [6.45, 7) is 3.55. The number of hydrogen-bond acceptors (Lipinski definition) is 6. The van der Waals surface area contributed by atoms with Crippen LogP contribution in [0.1, 0.15) is 19.3 Å². The Balaban J connectivity index is 4.21. The molecule has 8 nitrogen and oxygen atoms in total. The number of esters is 1. The molecule has 108 valence electrons. The molecule has 0 aliphatic carbocycles. The highest BCUT2D eigenvalue weighted by molar-refractivity contribution is 5.88. The molecule has 19 heavy (non-hydrogen) atoms. The third-order valence-corrected chi connectivity index (χ3v) is 2.07. The first kappa shape index (κ1) is 16.9. The minimum atomic E-state index is -2.67. The van der Waals surface area contributed by atoms with Gasteiger partial charge >= 0.3 is 17.9 Å². The molecule has 0 bridgehead atoms. The topological polar surface area (TPSA) is 130 Å². The van der Waals surface area contributed by atoms with Crippen LogP contribution >= 0.6 is 0 Å². The molecule has 0 fully saturated rings. The molecule has 0 aliphatic heterocycles. The van der Waals surface area contributed by atoms with Crippen molar-refractivity contribution in [1.29, 1.82) is 0 Å². The Morgan fingerprint density at radius 3 is 2.26 bits per heavy atom. The number of carboxylic acid groups (broad SMARTS) is 2. The van der Waals surface area contributed by atoms with E-state index in [-0.39, 0.29) is 13.2 Å². The van der Waals surface area contributed by atoms with Crippen molar-refractivity contribution in [3.05, 3.63) is 12.8 Å². The fourth-order valence-electron chi connectivity index (χ4n) is 1.17. The fraction of sp³-hybridized carbons (Fsp3) is 0.545. The van der Waals surface area contributed by atoms with Gasteiger partial charge in [-0.05, 0) is 0 Å². The smallest absolute Gasteiger partial charge is 0.336 e. The van der Waals surface area contributed by atoms with Crippen molar-refractivity contribution >= 4 is 17.9 Å². The van der Waals surface area contributed by atoms with Gasteiger partial charge in [0.25, 0.3) is 0 Å². The Morgan fingerprint density at radius 1 is 1.16 bits per heavy atom. The van der Waals surface area contributed by atoms with Crippen LogP contribution in [0.3, 0.4) is 0 Å². The zero-order valence-corrected chi connectivity index (χ0v) is 10.2. The monoisotopic (exact) mass is 276 g/mol. The molecule has 0 saturated carbocycles. The normalized spacial score (nSPS) is 13.1. The van der Waals surface area contributed by atoms with Crippen LogP contribution < -0.4 is 0 Å². The van der Waals surface area contributed by atoms with Crippen LogP contribution in [0.4, 0.5) is 0 Å². The summed E-state index contributed by atoms with van der Waals surface area (Å²) in [6.07, 6.45) is -0.437. The molecule has 0 amide bonds. The molecule has 3 N–H and O–H groups in total. The Kier molecular flexibility index (Phi) is 7.20. The third kappa shape index (κ3) is 7.04. The zero-order chi connectivity index (χ0) is 14.9. The minimum Gasteiger partial charge on any atom is -0.502 e. The molecule has 0 aromatic heterocycles. The van der Waals surface area contributed by atoms with Gasteiger partial charge in [-0.2, -0.15) is 0 Å². The number of rotatable bonds is 10. The molecule has 0 aromatic carbocycles. The second-order valence-corrected chi connectivity index (χ2v) is 3.70. The van der Waals surface area contributed by atoms with Gasteiger partial charge in [-0.25, -0.2) is 4.79 Å². The third-order valence-electron chi connectivity index (χ3n) is 2.07. The SMILES string of the molecule is C=COCCCOC(=O)CC(O)(CC(=O)O)C(=O)O. The van der Waals surface area contributed by atoms with E-state index in [1.807, 2.05) is 0 Å². The summed E-state index contributed by atoms with van der Waals surface area (Å²) in [5, 5.41) is 26.8. The van der Waals surface area contributed by atoms with Crippen LogP contribution in [-0.2, 0) is 23.9 Å². The lowest BCUT2D eigenvalue weighted by Crippen LogP contribution is -2.43. The Morgan fingerprint density at radius 2 is 1.79 bits per heavy atom. The summed E-state index contributed by atoms with van der Waals surface area (Å²) in [6, 6.07) is 0. The maximum absolute atomic E-state index is 11.3. The first-order valence-electron chi connectivity index (χ1n) is 5.37. The molecule has 0 aliphatic rings. The summed E-state index contributed by atoms with van der Waals surface area (Å²) in [4.78, 5) is 32.5. The fourth-order valence-corrected chi connectivity index (χ4v) is 1.17. The van der Waals surface area contributed by atoms with Crippen LogP contribution in [0.2, 0.25) is 0 Å². The van der Waals surface area contributed by atoms with Crippen LogP contribution in [0, 0.1) is 0 Å². The van der Waals surface area contributed by atoms with Gasteiger partial charge in [-0.1, -0.05) is 6.58 Å². The van der Waals surface area contributed by atoms with Crippen molar-refractivity contribution in [3.8, 4) is 0 Å². The summed E-state index contributed by atoms with van der Waals surface area (Å²) in [5.74, 6) is -4.32. The predicted octanol–water partition coefficient (Wildman–Crippen LogP) is -0.240. The number of carbonyl (C=O) groups excluding carboxylic acids is 1. The predicted molar refractivity (Wildman–Crippen MR) is 61.2 cm³/mol. The van der Waals surface area contributed by atoms with Crippen molar-refractivity contribution in [3.63, 3.8) is 0 Å². The zero-order valence-electron chi connectivity index (χ0n) is 10.2. The molecular formula is C11H16O8. The molecule has 8 heteroatoms. The minimum absolute atomic E-state index is 0.0323. The van der Waals surface area contributed by atoms with Gasteiger partial charge in [0.05, 0.1) is 32.3 Å². The summed E-state index contributed by atoms with van der Waals surface area (Å²) >= 11 is 0. The second-order valence-electron chi connectivity index (χ2n) is 3.70. The summed E-state index contributed by atoms with van der Waals surface area (Å²) in [5.41, 5.74) is -2.67. The van der Waals surface area contributed by atoms with Gasteiger partial charge < -0.3 is 24.8 Å². The van der Waals surface area contributed by atoms with Gasteiger partial charge in [0.15, 0.2) is 5.60 Å². The molecule has 0 aromatic rings. The van der Waals surface area contributed by atoms with E-state index >= 15 is 0 Å². The highest BCUT2D eigenvalue weighted by Gasteiger charge is 2.41. The standard InChI is InChI=1S/C11H16O8/c1-2-18-4-3-5-19-9(14)7-11(17,10(15)16)6-8(12)13/h2,17H,1,3-7H2,(H,12,13)(H,15,16). The van der Waals surface area contributed by atoms with Crippen LogP contribution in [0.25, 0.3) is 0 Å². The first-order chi connectivity index (χ1) is 8.81. The first-order valence-corrected chi connectivity index (χ1v) is 5.37. The van der Waals surface area contributed by atoms with Crippen molar-refractivity contribution in [2.45, 2.75) is 24.9 Å². The number of carbonyl (C=O) groups is 3. The quantitative estimate of drug-likeness (QED) is 0.283. The van der Waals surface area contributed by atoms with Crippen LogP contribution in [0.5, 0.6) is 0 Å². The van der Waals surface area contributed by atoms with Crippen LogP contribution in [-0.4, -0.2) is 52.0 Å². The van der Waals surface area contributed by atoms with E-state index in [9.17, 15) is 19.5 Å². The molecule has 1 unspecified atom stereocenters. The van der Waals surface area contributed by atoms with Gasteiger partial charge in [-0.15, -0.1) is 0 Å². The Hall–Kier alpha value is -2.09. The number of hydrogen-bond donors (Lipinski definition) is 3. The number of aliphatic hydroxyl groups is 1. The van der Waals surface area contributed by atoms with Crippen molar-refractivity contribution < 1.29 is 39.2 Å². The molecule has 0 rings (SSSR count). The lowest BCUT2D eigenvalue weighted by Gasteiger charge is -2.20. The van der Waals surface area contributed by atoms with Crippen molar-refractivity contribution in [1.82, 2.24) is 0 Å². The van der Waals surface area contributed by atoms with E-state index < -0.39 is 36.4 Å². The molecule has 0 heterocycles. The van der Waals surface area contributed by atoms with Gasteiger partial charge in [0.2, 0.25) is 0 Å². The van der Waals surface area contributed by atoms with Crippen LogP contribution in [0.15, 0.2) is 12.8 Å². The largest absolute Gasteiger partial charge is 0.502 e. The molecule has 0 radical (unpaired) electrons.